The number of guanidine groups is 1. The van der Waals surface area contributed by atoms with Crippen LogP contribution in [-0.2, 0) is 9.53 Å². The summed E-state index contributed by atoms with van der Waals surface area (Å²) in [6.45, 7) is 1.99. The zero-order valence-electron chi connectivity index (χ0n) is 16.2. The van der Waals surface area contributed by atoms with E-state index in [0.29, 0.717) is 44.8 Å². The summed E-state index contributed by atoms with van der Waals surface area (Å²) in [5.74, 6) is 0.321. The van der Waals surface area contributed by atoms with Crippen molar-refractivity contribution in [3.05, 3.63) is 32.4 Å². The molecule has 0 heterocycles. The molecular weight excluding hydrogens is 508 g/mol. The molecule has 0 aromatic rings. The number of oxime groups is 1. The van der Waals surface area contributed by atoms with Crippen LogP contribution in [-0.4, -0.2) is 49.0 Å². The average molecular weight is 536 g/mol. The van der Waals surface area contributed by atoms with Gasteiger partial charge in [-0.15, -0.1) is 0 Å². The molecule has 0 saturated carbocycles. The van der Waals surface area contributed by atoms with Gasteiger partial charge in [-0.1, -0.05) is 27.2 Å². The molecule has 0 aromatic carbocycles. The number of carbonyl (C=O) groups is 1. The van der Waals surface area contributed by atoms with Crippen molar-refractivity contribution in [2.45, 2.75) is 32.1 Å². The van der Waals surface area contributed by atoms with E-state index in [9.17, 15) is 10.0 Å². The SMILES string of the molecule is NCCCOC1=C(Br)CC=C(C/C(=N/O)C(=O)NCCCCN=C(N)N)C=C1Br. The molecule has 0 spiro atoms. The fourth-order valence-electron chi connectivity index (χ4n) is 2.36. The van der Waals surface area contributed by atoms with Gasteiger partial charge in [0.05, 0.1) is 11.1 Å². The summed E-state index contributed by atoms with van der Waals surface area (Å²) in [5, 5.41) is 15.2. The number of rotatable bonds is 12. The molecule has 0 fully saturated rings. The van der Waals surface area contributed by atoms with Crippen LogP contribution in [0.2, 0.25) is 0 Å². The summed E-state index contributed by atoms with van der Waals surface area (Å²) in [4.78, 5) is 16.1. The Labute approximate surface area is 187 Å². The van der Waals surface area contributed by atoms with Gasteiger partial charge in [0, 0.05) is 30.4 Å². The minimum Gasteiger partial charge on any atom is -0.492 e. The maximum atomic E-state index is 12.3. The zero-order valence-corrected chi connectivity index (χ0v) is 19.3. The van der Waals surface area contributed by atoms with Crippen LogP contribution in [0.5, 0.6) is 0 Å². The standard InChI is InChI=1S/C18H28Br2N6O3/c19-13-5-4-12(10-14(20)16(13)29-9-3-6-21)11-15(26-28)17(27)24-7-1-2-8-25-18(22)23/h4,10,28H,1-3,5-9,11,21H2,(H,24,27)(H4,22,23,25)/b26-15-. The number of ether oxygens (including phenoxy) is 1. The fraction of sp³-hybridized carbons (Fsp3) is 0.500. The lowest BCUT2D eigenvalue weighted by Crippen LogP contribution is -2.32. The number of hydrogen-bond donors (Lipinski definition) is 5. The molecule has 1 rings (SSSR count). The van der Waals surface area contributed by atoms with E-state index in [4.69, 9.17) is 21.9 Å². The number of aliphatic imine (C=N–C) groups is 1. The van der Waals surface area contributed by atoms with Crippen molar-refractivity contribution in [1.29, 1.82) is 0 Å². The summed E-state index contributed by atoms with van der Waals surface area (Å²) >= 11 is 7.03. The van der Waals surface area contributed by atoms with Crippen molar-refractivity contribution < 1.29 is 14.7 Å². The molecule has 9 nitrogen and oxygen atoms in total. The van der Waals surface area contributed by atoms with E-state index >= 15 is 0 Å². The van der Waals surface area contributed by atoms with E-state index in [2.05, 4.69) is 47.3 Å². The maximum absolute atomic E-state index is 12.3. The van der Waals surface area contributed by atoms with Gasteiger partial charge >= 0.3 is 0 Å². The quantitative estimate of drug-likeness (QED) is 0.0843. The van der Waals surface area contributed by atoms with E-state index in [1.54, 1.807) is 0 Å². The number of allylic oxidation sites excluding steroid dienone is 5. The van der Waals surface area contributed by atoms with Gasteiger partial charge in [0.25, 0.3) is 5.91 Å². The third kappa shape index (κ3) is 9.95. The first-order valence-electron chi connectivity index (χ1n) is 9.21. The predicted molar refractivity (Wildman–Crippen MR) is 122 cm³/mol. The second-order valence-corrected chi connectivity index (χ2v) is 8.00. The van der Waals surface area contributed by atoms with Crippen molar-refractivity contribution in [2.24, 2.45) is 27.3 Å². The van der Waals surface area contributed by atoms with Crippen LogP contribution in [0.3, 0.4) is 0 Å². The summed E-state index contributed by atoms with van der Waals surface area (Å²) in [5.41, 5.74) is 16.9. The number of nitrogens with one attached hydrogen (secondary N) is 1. The Balaban J connectivity index is 2.59. The average Bonchev–Trinajstić information content (AvgIpc) is 2.81. The van der Waals surface area contributed by atoms with Crippen LogP contribution in [0.15, 0.2) is 42.6 Å². The number of nitrogens with two attached hydrogens (primary N) is 3. The molecule has 1 amide bonds. The van der Waals surface area contributed by atoms with Gasteiger partial charge in [-0.2, -0.15) is 0 Å². The summed E-state index contributed by atoms with van der Waals surface area (Å²) in [6.07, 6.45) is 6.74. The molecular formula is C18H28Br2N6O3. The number of carbonyl (C=O) groups excluding carboxylic acids is 1. The Morgan fingerprint density at radius 3 is 2.69 bits per heavy atom. The van der Waals surface area contributed by atoms with Gasteiger partial charge in [-0.25, -0.2) is 0 Å². The van der Waals surface area contributed by atoms with E-state index in [0.717, 1.165) is 27.4 Å². The number of hydrogen-bond acceptors (Lipinski definition) is 6. The monoisotopic (exact) mass is 534 g/mol. The lowest BCUT2D eigenvalue weighted by molar-refractivity contribution is -0.115. The van der Waals surface area contributed by atoms with Gasteiger partial charge in [0.2, 0.25) is 0 Å². The molecule has 0 atom stereocenters. The topological polar surface area (TPSA) is 161 Å². The van der Waals surface area contributed by atoms with Crippen molar-refractivity contribution >= 4 is 49.4 Å². The van der Waals surface area contributed by atoms with Gasteiger partial charge in [-0.3, -0.25) is 9.79 Å². The van der Waals surface area contributed by atoms with Gasteiger partial charge in [0.15, 0.2) is 5.96 Å². The molecule has 8 N–H and O–H groups in total. The summed E-state index contributed by atoms with van der Waals surface area (Å²) in [7, 11) is 0. The van der Waals surface area contributed by atoms with E-state index in [-0.39, 0.29) is 18.1 Å². The number of amides is 1. The highest BCUT2D eigenvalue weighted by Crippen LogP contribution is 2.32. The highest BCUT2D eigenvalue weighted by Gasteiger charge is 2.18. The minimum atomic E-state index is -0.421. The number of halogens is 2. The first-order chi connectivity index (χ1) is 13.9. The number of unbranched alkanes of at least 4 members (excludes halogenated alkanes) is 1. The van der Waals surface area contributed by atoms with E-state index in [1.165, 1.54) is 0 Å². The smallest absolute Gasteiger partial charge is 0.269 e. The van der Waals surface area contributed by atoms with Crippen LogP contribution >= 0.6 is 31.9 Å². The second kappa shape index (κ2) is 14.2. The molecule has 1 aliphatic carbocycles. The third-order valence-electron chi connectivity index (χ3n) is 3.83. The van der Waals surface area contributed by atoms with E-state index in [1.807, 2.05) is 12.2 Å². The zero-order chi connectivity index (χ0) is 21.6. The Morgan fingerprint density at radius 1 is 1.28 bits per heavy atom. The molecule has 162 valence electrons. The molecule has 0 bridgehead atoms. The van der Waals surface area contributed by atoms with Crippen molar-refractivity contribution in [2.75, 3.05) is 26.2 Å². The molecule has 1 aliphatic rings. The molecule has 11 heteroatoms. The highest BCUT2D eigenvalue weighted by atomic mass is 79.9. The lowest BCUT2D eigenvalue weighted by atomic mass is 10.1. The molecule has 29 heavy (non-hydrogen) atoms. The van der Waals surface area contributed by atoms with Crippen LogP contribution in [0, 0.1) is 0 Å². The van der Waals surface area contributed by atoms with Crippen LogP contribution < -0.4 is 22.5 Å². The lowest BCUT2D eigenvalue weighted by Gasteiger charge is -2.11. The highest BCUT2D eigenvalue weighted by molar-refractivity contribution is 9.12. The van der Waals surface area contributed by atoms with Crippen molar-refractivity contribution in [1.82, 2.24) is 5.32 Å². The van der Waals surface area contributed by atoms with Gasteiger partial charge < -0.3 is 32.5 Å². The Hall–Kier alpha value is -1.85. The van der Waals surface area contributed by atoms with Gasteiger partial charge in [-0.05, 0) is 53.4 Å². The first kappa shape index (κ1) is 25.2. The summed E-state index contributed by atoms with van der Waals surface area (Å²) < 4.78 is 7.39. The molecule has 0 radical (unpaired) electrons. The molecule has 0 aromatic heterocycles. The van der Waals surface area contributed by atoms with Crippen molar-refractivity contribution in [3.8, 4) is 0 Å². The number of nitrogens with zero attached hydrogens (tertiary/aromatic N) is 2. The van der Waals surface area contributed by atoms with Crippen LogP contribution in [0.4, 0.5) is 0 Å². The van der Waals surface area contributed by atoms with Gasteiger partial charge in [0.1, 0.15) is 11.5 Å². The molecule has 0 saturated heterocycles. The third-order valence-corrected chi connectivity index (χ3v) is 5.11. The summed E-state index contributed by atoms with van der Waals surface area (Å²) in [6, 6.07) is 0. The Kier molecular flexibility index (Phi) is 12.3. The fourth-order valence-corrected chi connectivity index (χ4v) is 3.77. The normalized spacial score (nSPS) is 14.7. The van der Waals surface area contributed by atoms with Crippen LogP contribution in [0.25, 0.3) is 0 Å². The maximum Gasteiger partial charge on any atom is 0.269 e. The Bertz CT molecular complexity index is 712. The second-order valence-electron chi connectivity index (χ2n) is 6.19. The first-order valence-corrected chi connectivity index (χ1v) is 10.8. The predicted octanol–water partition coefficient (Wildman–Crippen LogP) is 1.96. The van der Waals surface area contributed by atoms with E-state index < -0.39 is 5.91 Å². The molecule has 0 unspecified atom stereocenters. The Morgan fingerprint density at radius 2 is 2.03 bits per heavy atom. The van der Waals surface area contributed by atoms with Crippen molar-refractivity contribution in [3.63, 3.8) is 0 Å². The minimum absolute atomic E-state index is 0.0284. The molecule has 0 aliphatic heterocycles. The van der Waals surface area contributed by atoms with Crippen LogP contribution in [0.1, 0.15) is 32.1 Å². The largest absolute Gasteiger partial charge is 0.492 e.